The Bertz CT molecular complexity index is 403. The lowest BCUT2D eigenvalue weighted by molar-refractivity contribution is 0.0220. The van der Waals surface area contributed by atoms with Gasteiger partial charge in [-0.3, -0.25) is 0 Å². The minimum atomic E-state index is -0.423. The van der Waals surface area contributed by atoms with Crippen LogP contribution in [-0.4, -0.2) is 54.5 Å². The van der Waals surface area contributed by atoms with Crippen LogP contribution in [0.1, 0.15) is 52.9 Å². The molecule has 0 radical (unpaired) electrons. The van der Waals surface area contributed by atoms with Crippen LogP contribution in [0.15, 0.2) is 0 Å². The zero-order valence-electron chi connectivity index (χ0n) is 14.1. The van der Waals surface area contributed by atoms with E-state index in [1.165, 1.54) is 12.8 Å². The van der Waals surface area contributed by atoms with E-state index < -0.39 is 5.60 Å². The van der Waals surface area contributed by atoms with E-state index in [9.17, 15) is 4.79 Å². The van der Waals surface area contributed by atoms with Crippen molar-refractivity contribution in [2.45, 2.75) is 76.7 Å². The Morgan fingerprint density at radius 1 is 1.27 bits per heavy atom. The summed E-state index contributed by atoms with van der Waals surface area (Å²) in [7, 11) is 0. The van der Waals surface area contributed by atoms with Crippen molar-refractivity contribution in [1.82, 2.24) is 10.2 Å². The van der Waals surface area contributed by atoms with Gasteiger partial charge in [0, 0.05) is 31.8 Å². The van der Waals surface area contributed by atoms with Crippen LogP contribution < -0.4 is 5.32 Å². The molecule has 2 heterocycles. The van der Waals surface area contributed by atoms with Crippen LogP contribution >= 0.6 is 0 Å². The molecule has 3 atom stereocenters. The molecule has 1 amide bonds. The highest BCUT2D eigenvalue weighted by Gasteiger charge is 2.41. The molecule has 2 saturated heterocycles. The number of nitrogens with zero attached hydrogens (tertiary/aromatic N) is 1. The van der Waals surface area contributed by atoms with Gasteiger partial charge in [0.2, 0.25) is 0 Å². The standard InChI is InChI=1S/C17H30N2O3/c1-17(2,3)22-16(20)19-9-4-5-13(19)11-18-14-8-10-21-15(14)12-6-7-12/h12-15,18H,4-11H2,1-3H3. The molecule has 3 rings (SSSR count). The third-order valence-electron chi connectivity index (χ3n) is 4.84. The van der Waals surface area contributed by atoms with Gasteiger partial charge in [-0.1, -0.05) is 0 Å². The van der Waals surface area contributed by atoms with E-state index in [0.29, 0.717) is 12.1 Å². The van der Waals surface area contributed by atoms with Gasteiger partial charge < -0.3 is 19.7 Å². The highest BCUT2D eigenvalue weighted by Crippen LogP contribution is 2.38. The zero-order chi connectivity index (χ0) is 15.7. The molecule has 3 unspecified atom stereocenters. The first-order chi connectivity index (χ1) is 10.4. The summed E-state index contributed by atoms with van der Waals surface area (Å²) >= 11 is 0. The van der Waals surface area contributed by atoms with Crippen molar-refractivity contribution in [3.8, 4) is 0 Å². The van der Waals surface area contributed by atoms with E-state index >= 15 is 0 Å². The second-order valence-corrected chi connectivity index (χ2v) is 7.95. The third-order valence-corrected chi connectivity index (χ3v) is 4.84. The Balaban J connectivity index is 1.49. The average Bonchev–Trinajstić information content (AvgIpc) is 2.99. The molecule has 1 aliphatic carbocycles. The quantitative estimate of drug-likeness (QED) is 0.867. The molecule has 22 heavy (non-hydrogen) atoms. The van der Waals surface area contributed by atoms with Crippen molar-refractivity contribution in [1.29, 1.82) is 0 Å². The number of carbonyl (C=O) groups excluding carboxylic acids is 1. The topological polar surface area (TPSA) is 50.8 Å². The van der Waals surface area contributed by atoms with Crippen LogP contribution in [-0.2, 0) is 9.47 Å². The van der Waals surface area contributed by atoms with Gasteiger partial charge in [-0.2, -0.15) is 0 Å². The number of carbonyl (C=O) groups is 1. The first-order valence-electron chi connectivity index (χ1n) is 8.78. The molecule has 0 bridgehead atoms. The summed E-state index contributed by atoms with van der Waals surface area (Å²) < 4.78 is 11.4. The SMILES string of the molecule is CC(C)(C)OC(=O)N1CCCC1CNC1CCOC1C1CC1. The molecule has 5 heteroatoms. The molecular weight excluding hydrogens is 280 g/mol. The van der Waals surface area contributed by atoms with Gasteiger partial charge in [0.05, 0.1) is 6.10 Å². The van der Waals surface area contributed by atoms with E-state index in [4.69, 9.17) is 9.47 Å². The van der Waals surface area contributed by atoms with Gasteiger partial charge >= 0.3 is 6.09 Å². The fourth-order valence-corrected chi connectivity index (χ4v) is 3.62. The van der Waals surface area contributed by atoms with Crippen molar-refractivity contribution in [2.24, 2.45) is 5.92 Å². The Hall–Kier alpha value is -0.810. The maximum atomic E-state index is 12.3. The van der Waals surface area contributed by atoms with E-state index in [2.05, 4.69) is 5.32 Å². The second kappa shape index (κ2) is 6.36. The number of likely N-dealkylation sites (tertiary alicyclic amines) is 1. The van der Waals surface area contributed by atoms with Crippen LogP contribution in [0.25, 0.3) is 0 Å². The highest BCUT2D eigenvalue weighted by atomic mass is 16.6. The predicted molar refractivity (Wildman–Crippen MR) is 84.8 cm³/mol. The molecule has 3 fully saturated rings. The van der Waals surface area contributed by atoms with Crippen LogP contribution in [0.4, 0.5) is 4.79 Å². The first-order valence-corrected chi connectivity index (χ1v) is 8.78. The molecule has 5 nitrogen and oxygen atoms in total. The lowest BCUT2D eigenvalue weighted by atomic mass is 10.1. The molecular formula is C17H30N2O3. The summed E-state index contributed by atoms with van der Waals surface area (Å²) in [6, 6.07) is 0.726. The number of hydrogen-bond donors (Lipinski definition) is 1. The van der Waals surface area contributed by atoms with E-state index in [1.807, 2.05) is 25.7 Å². The minimum Gasteiger partial charge on any atom is -0.444 e. The monoisotopic (exact) mass is 310 g/mol. The maximum absolute atomic E-state index is 12.3. The van der Waals surface area contributed by atoms with Gasteiger partial charge in [-0.25, -0.2) is 4.79 Å². The van der Waals surface area contributed by atoms with Crippen LogP contribution in [0.5, 0.6) is 0 Å². The van der Waals surface area contributed by atoms with Crippen molar-refractivity contribution in [3.05, 3.63) is 0 Å². The smallest absolute Gasteiger partial charge is 0.410 e. The predicted octanol–water partition coefficient (Wildman–Crippen LogP) is 2.54. The van der Waals surface area contributed by atoms with Gasteiger partial charge in [0.25, 0.3) is 0 Å². The Kier molecular flexibility index (Phi) is 4.64. The lowest BCUT2D eigenvalue weighted by Gasteiger charge is -2.30. The number of hydrogen-bond acceptors (Lipinski definition) is 4. The van der Waals surface area contributed by atoms with Crippen LogP contribution in [0.3, 0.4) is 0 Å². The molecule has 0 aromatic carbocycles. The number of amides is 1. The first kappa shape index (κ1) is 16.1. The molecule has 1 saturated carbocycles. The molecule has 0 aromatic heterocycles. The van der Waals surface area contributed by atoms with Gasteiger partial charge in [-0.15, -0.1) is 0 Å². The molecule has 0 aromatic rings. The highest BCUT2D eigenvalue weighted by molar-refractivity contribution is 5.69. The van der Waals surface area contributed by atoms with Crippen LogP contribution in [0, 0.1) is 5.92 Å². The number of ether oxygens (including phenoxy) is 2. The minimum absolute atomic E-state index is 0.168. The van der Waals surface area contributed by atoms with Crippen molar-refractivity contribution in [3.63, 3.8) is 0 Å². The fraction of sp³-hybridized carbons (Fsp3) is 0.941. The second-order valence-electron chi connectivity index (χ2n) is 7.95. The summed E-state index contributed by atoms with van der Waals surface area (Å²) in [5, 5.41) is 3.67. The summed E-state index contributed by atoms with van der Waals surface area (Å²) in [6.07, 6.45) is 6.09. The largest absolute Gasteiger partial charge is 0.444 e. The van der Waals surface area contributed by atoms with Gasteiger partial charge in [0.1, 0.15) is 5.60 Å². The summed E-state index contributed by atoms with van der Waals surface area (Å²) in [5.74, 6) is 0.769. The molecule has 3 aliphatic rings. The third kappa shape index (κ3) is 3.93. The maximum Gasteiger partial charge on any atom is 0.410 e. The Labute approximate surface area is 133 Å². The van der Waals surface area contributed by atoms with Crippen LogP contribution in [0.2, 0.25) is 0 Å². The van der Waals surface area contributed by atoms with E-state index in [-0.39, 0.29) is 12.1 Å². The summed E-state index contributed by atoms with van der Waals surface area (Å²) in [6.45, 7) is 8.31. The summed E-state index contributed by atoms with van der Waals surface area (Å²) in [5.41, 5.74) is -0.423. The molecule has 0 spiro atoms. The zero-order valence-corrected chi connectivity index (χ0v) is 14.1. The summed E-state index contributed by atoms with van der Waals surface area (Å²) in [4.78, 5) is 14.2. The van der Waals surface area contributed by atoms with Crippen molar-refractivity contribution < 1.29 is 14.3 Å². The Morgan fingerprint density at radius 2 is 2.05 bits per heavy atom. The fourth-order valence-electron chi connectivity index (χ4n) is 3.62. The van der Waals surface area contributed by atoms with Gasteiger partial charge in [-0.05, 0) is 58.8 Å². The normalized spacial score (nSPS) is 32.5. The lowest BCUT2D eigenvalue weighted by Crippen LogP contribution is -2.47. The van der Waals surface area contributed by atoms with E-state index in [0.717, 1.165) is 44.9 Å². The van der Waals surface area contributed by atoms with Gasteiger partial charge in [0.15, 0.2) is 0 Å². The van der Waals surface area contributed by atoms with E-state index in [1.54, 1.807) is 0 Å². The molecule has 1 N–H and O–H groups in total. The Morgan fingerprint density at radius 3 is 2.73 bits per heavy atom. The average molecular weight is 310 g/mol. The molecule has 2 aliphatic heterocycles. The number of rotatable bonds is 4. The number of nitrogens with one attached hydrogen (secondary N) is 1. The van der Waals surface area contributed by atoms with Crippen molar-refractivity contribution in [2.75, 3.05) is 19.7 Å². The van der Waals surface area contributed by atoms with Crippen molar-refractivity contribution >= 4 is 6.09 Å². The molecule has 126 valence electrons.